The van der Waals surface area contributed by atoms with Gasteiger partial charge in [0.15, 0.2) is 5.78 Å². The number of carbonyl (C=O) groups excluding carboxylic acids is 1. The molecule has 164 valence electrons. The molecule has 2 aliphatic rings. The number of fused-ring (bicyclic) bond motifs is 3. The molecule has 2 N–H and O–H groups in total. The SMILES string of the molecule is CC1(C)C2=C(C(=O)c3ccc(OC[C@H](O)CO)cc31)c1ccc(OC(F)(F)F)cc1C2. The fourth-order valence-corrected chi connectivity index (χ4v) is 4.26. The average Bonchev–Trinajstić information content (AvgIpc) is 3.09. The highest BCUT2D eigenvalue weighted by atomic mass is 19.4. The van der Waals surface area contributed by atoms with Crippen molar-refractivity contribution in [2.75, 3.05) is 13.2 Å². The third-order valence-electron chi connectivity index (χ3n) is 5.79. The zero-order chi connectivity index (χ0) is 22.6. The van der Waals surface area contributed by atoms with E-state index in [0.29, 0.717) is 34.4 Å². The molecule has 0 bridgehead atoms. The number of hydrogen-bond donors (Lipinski definition) is 2. The van der Waals surface area contributed by atoms with E-state index < -0.39 is 24.5 Å². The van der Waals surface area contributed by atoms with Gasteiger partial charge in [-0.2, -0.15) is 0 Å². The summed E-state index contributed by atoms with van der Waals surface area (Å²) >= 11 is 0. The highest BCUT2D eigenvalue weighted by Gasteiger charge is 2.43. The Hall–Kier alpha value is -2.84. The van der Waals surface area contributed by atoms with Crippen LogP contribution in [0.25, 0.3) is 5.57 Å². The molecule has 5 nitrogen and oxygen atoms in total. The molecule has 2 aromatic rings. The molecule has 0 amide bonds. The van der Waals surface area contributed by atoms with Crippen LogP contribution in [0.3, 0.4) is 0 Å². The molecule has 0 aromatic heterocycles. The van der Waals surface area contributed by atoms with Crippen molar-refractivity contribution in [1.29, 1.82) is 0 Å². The van der Waals surface area contributed by atoms with Gasteiger partial charge in [-0.15, -0.1) is 13.2 Å². The smallest absolute Gasteiger partial charge is 0.491 e. The third-order valence-corrected chi connectivity index (χ3v) is 5.79. The molecule has 0 saturated heterocycles. The van der Waals surface area contributed by atoms with Crippen LogP contribution >= 0.6 is 0 Å². The van der Waals surface area contributed by atoms with E-state index in [4.69, 9.17) is 9.84 Å². The van der Waals surface area contributed by atoms with Crippen LogP contribution in [0.4, 0.5) is 13.2 Å². The summed E-state index contributed by atoms with van der Waals surface area (Å²) in [6.07, 6.45) is -5.46. The Balaban J connectivity index is 1.69. The van der Waals surface area contributed by atoms with Crippen molar-refractivity contribution in [2.45, 2.75) is 38.1 Å². The summed E-state index contributed by atoms with van der Waals surface area (Å²) in [5.41, 5.74) is 3.27. The maximum absolute atomic E-state index is 13.3. The van der Waals surface area contributed by atoms with E-state index >= 15 is 0 Å². The Morgan fingerprint density at radius 2 is 1.77 bits per heavy atom. The van der Waals surface area contributed by atoms with Crippen molar-refractivity contribution >= 4 is 11.4 Å². The van der Waals surface area contributed by atoms with Crippen LogP contribution < -0.4 is 9.47 Å². The Morgan fingerprint density at radius 1 is 1.10 bits per heavy atom. The lowest BCUT2D eigenvalue weighted by atomic mass is 9.68. The van der Waals surface area contributed by atoms with Gasteiger partial charge >= 0.3 is 6.36 Å². The molecule has 31 heavy (non-hydrogen) atoms. The monoisotopic (exact) mass is 434 g/mol. The van der Waals surface area contributed by atoms with Crippen LogP contribution in [-0.2, 0) is 11.8 Å². The van der Waals surface area contributed by atoms with Gasteiger partial charge in [0.1, 0.15) is 24.2 Å². The summed E-state index contributed by atoms with van der Waals surface area (Å²) in [6, 6.07) is 9.08. The number of ether oxygens (including phenoxy) is 2. The van der Waals surface area contributed by atoms with Gasteiger partial charge < -0.3 is 19.7 Å². The maximum atomic E-state index is 13.3. The molecule has 0 heterocycles. The minimum Gasteiger partial charge on any atom is -0.491 e. The number of carbonyl (C=O) groups is 1. The lowest BCUT2D eigenvalue weighted by Crippen LogP contribution is -2.30. The zero-order valence-corrected chi connectivity index (χ0v) is 16.9. The van der Waals surface area contributed by atoms with Gasteiger partial charge in [-0.05, 0) is 59.0 Å². The standard InChI is InChI=1S/C23H21F3O5/c1-22(2)18-9-14(30-11-13(28)10-27)3-6-17(18)21(29)20-16-5-4-15(31-23(24,25)26)7-12(16)8-19(20)22/h3-7,9,13,27-28H,8,10-11H2,1-2H3/t13-/m1/s1. The normalized spacial score (nSPS) is 17.7. The highest BCUT2D eigenvalue weighted by molar-refractivity contribution is 6.33. The minimum atomic E-state index is -4.79. The lowest BCUT2D eigenvalue weighted by Gasteiger charge is -2.34. The molecule has 0 radical (unpaired) electrons. The summed E-state index contributed by atoms with van der Waals surface area (Å²) in [6.45, 7) is 3.40. The molecular weight excluding hydrogens is 413 g/mol. The molecule has 0 spiro atoms. The van der Waals surface area contributed by atoms with Crippen molar-refractivity contribution in [1.82, 2.24) is 0 Å². The molecule has 8 heteroatoms. The molecule has 1 atom stereocenters. The Labute approximate surface area is 176 Å². The Bertz CT molecular complexity index is 1090. The minimum absolute atomic E-state index is 0.0922. The number of rotatable bonds is 5. The average molecular weight is 434 g/mol. The first-order valence-electron chi connectivity index (χ1n) is 9.75. The van der Waals surface area contributed by atoms with Crippen LogP contribution in [0.5, 0.6) is 11.5 Å². The summed E-state index contributed by atoms with van der Waals surface area (Å²) in [7, 11) is 0. The number of hydrogen-bond acceptors (Lipinski definition) is 5. The summed E-state index contributed by atoms with van der Waals surface area (Å²) in [4.78, 5) is 13.3. The molecule has 0 fully saturated rings. The second-order valence-corrected chi connectivity index (χ2v) is 8.21. The van der Waals surface area contributed by atoms with Gasteiger partial charge in [-0.25, -0.2) is 0 Å². The number of aliphatic hydroxyl groups excluding tert-OH is 2. The summed E-state index contributed by atoms with van der Waals surface area (Å²) in [5, 5.41) is 18.4. The number of ketones is 1. The van der Waals surface area contributed by atoms with Crippen molar-refractivity contribution in [3.8, 4) is 11.5 Å². The quantitative estimate of drug-likeness (QED) is 0.749. The number of aliphatic hydroxyl groups is 2. The van der Waals surface area contributed by atoms with Gasteiger partial charge in [0, 0.05) is 16.6 Å². The third kappa shape index (κ3) is 3.81. The molecule has 0 unspecified atom stereocenters. The van der Waals surface area contributed by atoms with Crippen LogP contribution in [0, 0.1) is 0 Å². The molecule has 0 saturated carbocycles. The molecule has 2 aromatic carbocycles. The maximum Gasteiger partial charge on any atom is 0.573 e. The predicted octanol–water partition coefficient (Wildman–Crippen LogP) is 3.80. The fraction of sp³-hybridized carbons (Fsp3) is 0.348. The number of Topliss-reactive ketones (excluding diaryl/α,β-unsaturated/α-hetero) is 1. The van der Waals surface area contributed by atoms with Crippen LogP contribution in [0.15, 0.2) is 42.0 Å². The van der Waals surface area contributed by atoms with E-state index in [1.807, 2.05) is 13.8 Å². The first kappa shape index (κ1) is 21.4. The van der Waals surface area contributed by atoms with Crippen molar-refractivity contribution in [3.05, 3.63) is 64.2 Å². The van der Waals surface area contributed by atoms with Gasteiger partial charge in [-0.1, -0.05) is 19.9 Å². The van der Waals surface area contributed by atoms with Crippen molar-refractivity contribution < 1.29 is 37.7 Å². The molecular formula is C23H21F3O5. The van der Waals surface area contributed by atoms with E-state index in [1.54, 1.807) is 18.2 Å². The van der Waals surface area contributed by atoms with Crippen molar-refractivity contribution in [2.24, 2.45) is 0 Å². The van der Waals surface area contributed by atoms with Gasteiger partial charge in [-0.3, -0.25) is 4.79 Å². The molecule has 0 aliphatic heterocycles. The van der Waals surface area contributed by atoms with Crippen molar-refractivity contribution in [3.63, 3.8) is 0 Å². The fourth-order valence-electron chi connectivity index (χ4n) is 4.26. The second kappa shape index (κ2) is 7.39. The Kier molecular flexibility index (Phi) is 5.10. The number of halogens is 3. The number of benzene rings is 2. The molecule has 2 aliphatic carbocycles. The van der Waals surface area contributed by atoms with E-state index in [0.717, 1.165) is 11.1 Å². The topological polar surface area (TPSA) is 76.0 Å². The summed E-state index contributed by atoms with van der Waals surface area (Å²) in [5.74, 6) is -0.0472. The van der Waals surface area contributed by atoms with Crippen LogP contribution in [0.2, 0.25) is 0 Å². The van der Waals surface area contributed by atoms with Gasteiger partial charge in [0.05, 0.1) is 6.61 Å². The predicted molar refractivity (Wildman–Crippen MR) is 106 cm³/mol. The van der Waals surface area contributed by atoms with E-state index in [-0.39, 0.29) is 18.1 Å². The molecule has 4 rings (SSSR count). The van der Waals surface area contributed by atoms with Gasteiger partial charge in [0.2, 0.25) is 0 Å². The largest absolute Gasteiger partial charge is 0.573 e. The van der Waals surface area contributed by atoms with E-state index in [1.165, 1.54) is 18.2 Å². The second-order valence-electron chi connectivity index (χ2n) is 8.21. The highest BCUT2D eigenvalue weighted by Crippen LogP contribution is 2.51. The van der Waals surface area contributed by atoms with Crippen LogP contribution in [-0.4, -0.2) is 41.7 Å². The summed E-state index contributed by atoms with van der Waals surface area (Å²) < 4.78 is 47.4. The number of allylic oxidation sites excluding steroid dienone is 2. The Morgan fingerprint density at radius 3 is 2.45 bits per heavy atom. The van der Waals surface area contributed by atoms with E-state index in [2.05, 4.69) is 4.74 Å². The van der Waals surface area contributed by atoms with Crippen LogP contribution in [0.1, 0.15) is 40.9 Å². The van der Waals surface area contributed by atoms with E-state index in [9.17, 15) is 23.1 Å². The zero-order valence-electron chi connectivity index (χ0n) is 16.9. The lowest BCUT2D eigenvalue weighted by molar-refractivity contribution is -0.274. The first-order valence-corrected chi connectivity index (χ1v) is 9.75. The van der Waals surface area contributed by atoms with Gasteiger partial charge in [0.25, 0.3) is 0 Å². The first-order chi connectivity index (χ1) is 14.5. The number of alkyl halides is 3.